The fraction of sp³-hybridized carbons (Fsp3) is 0.167. The first-order valence-corrected chi connectivity index (χ1v) is 11.0. The smallest absolute Gasteiger partial charge is 0.248 e. The van der Waals surface area contributed by atoms with E-state index in [0.29, 0.717) is 9.64 Å². The van der Waals surface area contributed by atoms with Crippen molar-refractivity contribution in [1.82, 2.24) is 4.98 Å². The summed E-state index contributed by atoms with van der Waals surface area (Å²) in [5.74, 6) is -0.796. The maximum absolute atomic E-state index is 13.3. The summed E-state index contributed by atoms with van der Waals surface area (Å²) in [6.45, 7) is 0. The van der Waals surface area contributed by atoms with Crippen molar-refractivity contribution >= 4 is 64.2 Å². The van der Waals surface area contributed by atoms with Gasteiger partial charge in [0.25, 0.3) is 0 Å². The van der Waals surface area contributed by atoms with Gasteiger partial charge >= 0.3 is 0 Å². The van der Waals surface area contributed by atoms with Gasteiger partial charge in [0.2, 0.25) is 11.8 Å². The maximum atomic E-state index is 13.3. The van der Waals surface area contributed by atoms with E-state index in [1.165, 1.54) is 28.0 Å². The fourth-order valence-corrected chi connectivity index (χ4v) is 7.53. The summed E-state index contributed by atoms with van der Waals surface area (Å²) in [6, 6.07) is 13.2. The lowest BCUT2D eigenvalue weighted by Gasteiger charge is -2.28. The lowest BCUT2D eigenvalue weighted by atomic mass is 9.87. The van der Waals surface area contributed by atoms with Crippen molar-refractivity contribution < 1.29 is 9.59 Å². The van der Waals surface area contributed by atoms with Gasteiger partial charge in [-0.3, -0.25) is 9.59 Å². The predicted molar refractivity (Wildman–Crippen MR) is 108 cm³/mol. The highest BCUT2D eigenvalue weighted by atomic mass is 32.2. The van der Waals surface area contributed by atoms with E-state index in [2.05, 4.69) is 4.98 Å². The predicted octanol–water partition coefficient (Wildman–Crippen LogP) is 4.66. The minimum atomic E-state index is -0.428. The molecule has 2 aliphatic rings. The first-order valence-electron chi connectivity index (χ1n) is 8.01. The number of imide groups is 1. The van der Waals surface area contributed by atoms with Crippen molar-refractivity contribution in [2.24, 2.45) is 5.92 Å². The highest BCUT2D eigenvalue weighted by Crippen LogP contribution is 2.54. The number of amides is 2. The average molecular weight is 417 g/mol. The molecule has 8 heteroatoms. The van der Waals surface area contributed by atoms with Gasteiger partial charge in [-0.1, -0.05) is 36.0 Å². The Bertz CT molecular complexity index is 1050. The lowest BCUT2D eigenvalue weighted by Crippen LogP contribution is -2.31. The largest absolute Gasteiger partial charge is 0.332 e. The Morgan fingerprint density at radius 3 is 2.58 bits per heavy atom. The highest BCUT2D eigenvalue weighted by Gasteiger charge is 2.56. The van der Waals surface area contributed by atoms with E-state index in [4.69, 9.17) is 12.2 Å². The van der Waals surface area contributed by atoms with E-state index in [-0.39, 0.29) is 17.7 Å². The molecule has 4 heterocycles. The molecule has 3 unspecified atom stereocenters. The Morgan fingerprint density at radius 1 is 1.04 bits per heavy atom. The van der Waals surface area contributed by atoms with Crippen molar-refractivity contribution in [1.29, 1.82) is 0 Å². The molecule has 0 bridgehead atoms. The molecular weight excluding hydrogens is 404 g/mol. The Kier molecular flexibility index (Phi) is 3.89. The van der Waals surface area contributed by atoms with Gasteiger partial charge in [-0.15, -0.1) is 22.7 Å². The second-order valence-electron chi connectivity index (χ2n) is 6.11. The average Bonchev–Trinajstić information content (AvgIpc) is 3.34. The molecule has 2 aliphatic heterocycles. The second-order valence-corrected chi connectivity index (χ2v) is 9.96. The summed E-state index contributed by atoms with van der Waals surface area (Å²) in [7, 11) is 0. The van der Waals surface area contributed by atoms with Gasteiger partial charge in [-0.25, -0.2) is 4.90 Å². The number of benzene rings is 1. The molecule has 3 atom stereocenters. The van der Waals surface area contributed by atoms with Crippen LogP contribution in [-0.4, -0.2) is 22.0 Å². The number of thioether (sulfide) groups is 1. The summed E-state index contributed by atoms with van der Waals surface area (Å²) in [6.07, 6.45) is 0. The zero-order chi connectivity index (χ0) is 17.8. The summed E-state index contributed by atoms with van der Waals surface area (Å²) in [4.78, 5) is 33.2. The summed E-state index contributed by atoms with van der Waals surface area (Å²) >= 11 is 9.89. The van der Waals surface area contributed by atoms with Crippen molar-refractivity contribution in [3.8, 4) is 0 Å². The van der Waals surface area contributed by atoms with Gasteiger partial charge in [-0.05, 0) is 35.8 Å². The first kappa shape index (κ1) is 16.4. The standard InChI is InChI=1S/C18H12N2O2S4/c21-16-12-11(10-7-4-8-24-10)13-15(19-18(23)26-13)25-14(12)17(22)20(16)9-5-2-1-3-6-9/h1-8,11-12,14H,(H,19,23). The molecule has 1 fully saturated rings. The molecule has 1 saturated heterocycles. The number of hydrogen-bond acceptors (Lipinski definition) is 6. The summed E-state index contributed by atoms with van der Waals surface area (Å²) < 4.78 is 0.684. The molecule has 2 aromatic heterocycles. The molecule has 0 radical (unpaired) electrons. The number of para-hydroxylation sites is 1. The van der Waals surface area contributed by atoms with Gasteiger partial charge < -0.3 is 4.98 Å². The molecule has 3 aromatic rings. The number of nitrogens with one attached hydrogen (secondary N) is 1. The molecule has 0 aliphatic carbocycles. The van der Waals surface area contributed by atoms with E-state index in [1.807, 2.05) is 35.7 Å². The van der Waals surface area contributed by atoms with E-state index in [1.54, 1.807) is 23.5 Å². The summed E-state index contributed by atoms with van der Waals surface area (Å²) in [5.41, 5.74) is 0.638. The number of anilines is 1. The number of carbonyl (C=O) groups is 2. The van der Waals surface area contributed by atoms with Crippen LogP contribution in [0, 0.1) is 9.87 Å². The van der Waals surface area contributed by atoms with Crippen molar-refractivity contribution in [2.45, 2.75) is 16.2 Å². The van der Waals surface area contributed by atoms with Gasteiger partial charge in [0.1, 0.15) is 5.25 Å². The molecule has 4 nitrogen and oxygen atoms in total. The molecule has 1 aromatic carbocycles. The third-order valence-corrected chi connectivity index (χ3v) is 8.40. The quantitative estimate of drug-likeness (QED) is 0.487. The summed E-state index contributed by atoms with van der Waals surface area (Å²) in [5, 5.41) is 2.51. The van der Waals surface area contributed by atoms with Crippen LogP contribution in [0.4, 0.5) is 5.69 Å². The first-order chi connectivity index (χ1) is 12.6. The number of thiophene rings is 1. The molecule has 2 amide bonds. The SMILES string of the molecule is O=C1C2Sc3[nH]c(=S)sc3C(c3cccs3)C2C(=O)N1c1ccccc1. The van der Waals surface area contributed by atoms with Crippen molar-refractivity contribution in [3.05, 3.63) is 61.6 Å². The lowest BCUT2D eigenvalue weighted by molar-refractivity contribution is -0.122. The van der Waals surface area contributed by atoms with Crippen LogP contribution in [0.5, 0.6) is 0 Å². The second kappa shape index (κ2) is 6.16. The topological polar surface area (TPSA) is 53.2 Å². The van der Waals surface area contributed by atoms with Gasteiger partial charge in [-0.2, -0.15) is 0 Å². The van der Waals surface area contributed by atoms with Gasteiger partial charge in [0.15, 0.2) is 3.95 Å². The third kappa shape index (κ3) is 2.36. The Hall–Kier alpha value is -1.74. The number of hydrogen-bond donors (Lipinski definition) is 1. The van der Waals surface area contributed by atoms with E-state index < -0.39 is 11.2 Å². The normalized spacial score (nSPS) is 24.6. The number of fused-ring (bicyclic) bond motifs is 2. The number of rotatable bonds is 2. The van der Waals surface area contributed by atoms with Crippen LogP contribution >= 0.6 is 46.7 Å². The molecule has 0 saturated carbocycles. The van der Waals surface area contributed by atoms with Crippen molar-refractivity contribution in [2.75, 3.05) is 4.90 Å². The van der Waals surface area contributed by atoms with Crippen LogP contribution in [0.1, 0.15) is 15.7 Å². The monoisotopic (exact) mass is 416 g/mol. The molecular formula is C18H12N2O2S4. The number of thiazole rings is 1. The molecule has 0 spiro atoms. The van der Waals surface area contributed by atoms with E-state index in [0.717, 1.165) is 14.8 Å². The third-order valence-electron chi connectivity index (χ3n) is 4.69. The fourth-order valence-electron chi connectivity index (χ4n) is 3.62. The van der Waals surface area contributed by atoms with Crippen molar-refractivity contribution in [3.63, 3.8) is 0 Å². The van der Waals surface area contributed by atoms with Crippen LogP contribution in [0.3, 0.4) is 0 Å². The van der Waals surface area contributed by atoms with Crippen LogP contribution in [0.25, 0.3) is 0 Å². The maximum Gasteiger partial charge on any atom is 0.248 e. The van der Waals surface area contributed by atoms with E-state index >= 15 is 0 Å². The molecule has 5 rings (SSSR count). The minimum Gasteiger partial charge on any atom is -0.332 e. The molecule has 130 valence electrons. The van der Waals surface area contributed by atoms with E-state index in [9.17, 15) is 9.59 Å². The molecule has 26 heavy (non-hydrogen) atoms. The number of carbonyl (C=O) groups excluding carboxylic acids is 2. The minimum absolute atomic E-state index is 0.123. The van der Waals surface area contributed by atoms with Crippen LogP contribution < -0.4 is 4.90 Å². The number of H-pyrrole nitrogens is 1. The van der Waals surface area contributed by atoms with Crippen LogP contribution in [-0.2, 0) is 9.59 Å². The van der Waals surface area contributed by atoms with Crippen LogP contribution in [0.15, 0.2) is 52.9 Å². The number of aromatic amines is 1. The Morgan fingerprint density at radius 2 is 1.85 bits per heavy atom. The number of nitrogens with zero attached hydrogens (tertiary/aromatic N) is 1. The zero-order valence-electron chi connectivity index (χ0n) is 13.2. The Balaban J connectivity index is 1.66. The molecule has 1 N–H and O–H groups in total. The van der Waals surface area contributed by atoms with Crippen LogP contribution in [0.2, 0.25) is 0 Å². The van der Waals surface area contributed by atoms with Gasteiger partial charge in [0, 0.05) is 15.7 Å². The number of aromatic nitrogens is 1. The zero-order valence-corrected chi connectivity index (χ0v) is 16.5. The highest BCUT2D eigenvalue weighted by molar-refractivity contribution is 8.01. The van der Waals surface area contributed by atoms with Gasteiger partial charge in [0.05, 0.1) is 16.6 Å². The Labute approximate surface area is 166 Å².